The van der Waals surface area contributed by atoms with Crippen molar-refractivity contribution in [1.29, 1.82) is 0 Å². The van der Waals surface area contributed by atoms with Crippen LogP contribution in [0.5, 0.6) is 0 Å². The fraction of sp³-hybridized carbons (Fsp3) is 0. The van der Waals surface area contributed by atoms with Crippen LogP contribution in [0.25, 0.3) is 0 Å². The Balaban J connectivity index is 0.000001000. The summed E-state index contributed by atoms with van der Waals surface area (Å²) in [6.07, 6.45) is 0. The minimum absolute atomic E-state index is 0. The summed E-state index contributed by atoms with van der Waals surface area (Å²) in [5, 5.41) is 0. The Morgan fingerprint density at radius 2 is 1.55 bits per heavy atom. The molecule has 0 aliphatic heterocycles. The predicted octanol–water partition coefficient (Wildman–Crippen LogP) is 2.19. The Bertz CT molecular complexity index is 309. The molecule has 0 aromatic heterocycles. The van der Waals surface area contributed by atoms with E-state index in [2.05, 4.69) is 0 Å². The molecular formula is C6H6BrClO2S. The van der Waals surface area contributed by atoms with Crippen LogP contribution in [0.3, 0.4) is 0 Å². The van der Waals surface area contributed by atoms with Gasteiger partial charge in [0.1, 0.15) is 0 Å². The fourth-order valence-electron chi connectivity index (χ4n) is 0.583. The second-order valence-corrected chi connectivity index (χ2v) is 4.32. The van der Waals surface area contributed by atoms with Crippen LogP contribution >= 0.6 is 27.7 Å². The zero-order valence-corrected chi connectivity index (χ0v) is 8.68. The molecule has 0 amide bonds. The maximum absolute atomic E-state index is 10.6. The molecule has 1 aromatic rings. The van der Waals surface area contributed by atoms with E-state index in [4.69, 9.17) is 10.7 Å². The minimum Gasteiger partial charge on any atom is -0.207 e. The molecule has 0 atom stereocenters. The molecule has 0 spiro atoms. The van der Waals surface area contributed by atoms with Crippen molar-refractivity contribution in [2.24, 2.45) is 0 Å². The summed E-state index contributed by atoms with van der Waals surface area (Å²) < 4.78 is 21.2. The lowest BCUT2D eigenvalue weighted by Crippen LogP contribution is -1.87. The van der Waals surface area contributed by atoms with Crippen LogP contribution in [0.1, 0.15) is 0 Å². The normalized spacial score (nSPS) is 10.3. The summed E-state index contributed by atoms with van der Waals surface area (Å²) in [7, 11) is 1.50. The quantitative estimate of drug-likeness (QED) is 0.723. The van der Waals surface area contributed by atoms with Crippen molar-refractivity contribution in [1.82, 2.24) is 0 Å². The van der Waals surface area contributed by atoms with Gasteiger partial charge in [0.25, 0.3) is 9.05 Å². The molecule has 0 bridgehead atoms. The summed E-state index contributed by atoms with van der Waals surface area (Å²) in [5.41, 5.74) is 0. The topological polar surface area (TPSA) is 34.1 Å². The van der Waals surface area contributed by atoms with Crippen LogP contribution in [0, 0.1) is 0 Å². The third kappa shape index (κ3) is 3.22. The van der Waals surface area contributed by atoms with Gasteiger partial charge in [0, 0.05) is 10.7 Å². The molecule has 5 heteroatoms. The highest BCUT2D eigenvalue weighted by atomic mass is 79.9. The van der Waals surface area contributed by atoms with Gasteiger partial charge in [-0.1, -0.05) is 18.2 Å². The molecule has 0 saturated heterocycles. The largest absolute Gasteiger partial charge is 0.261 e. The lowest BCUT2D eigenvalue weighted by atomic mass is 10.4. The first kappa shape index (κ1) is 10.9. The highest BCUT2D eigenvalue weighted by molar-refractivity contribution is 8.93. The second kappa shape index (κ2) is 4.09. The summed E-state index contributed by atoms with van der Waals surface area (Å²) >= 11 is 0. The monoisotopic (exact) mass is 256 g/mol. The molecule has 0 aliphatic carbocycles. The van der Waals surface area contributed by atoms with Gasteiger partial charge in [0.15, 0.2) is 0 Å². The van der Waals surface area contributed by atoms with Crippen molar-refractivity contribution >= 4 is 36.7 Å². The van der Waals surface area contributed by atoms with E-state index in [0.717, 1.165) is 0 Å². The molecule has 0 unspecified atom stereocenters. The van der Waals surface area contributed by atoms with Crippen molar-refractivity contribution in [2.75, 3.05) is 0 Å². The van der Waals surface area contributed by atoms with Gasteiger partial charge in [0.2, 0.25) is 0 Å². The molecule has 0 aliphatic rings. The number of hydrogen-bond acceptors (Lipinski definition) is 2. The summed E-state index contributed by atoms with van der Waals surface area (Å²) in [5.74, 6) is 0. The van der Waals surface area contributed by atoms with E-state index in [1.165, 1.54) is 12.1 Å². The van der Waals surface area contributed by atoms with E-state index in [-0.39, 0.29) is 21.9 Å². The van der Waals surface area contributed by atoms with E-state index in [1.807, 2.05) is 0 Å². The molecule has 2 nitrogen and oxygen atoms in total. The van der Waals surface area contributed by atoms with E-state index >= 15 is 0 Å². The molecule has 62 valence electrons. The molecule has 0 N–H and O–H groups in total. The van der Waals surface area contributed by atoms with Crippen LogP contribution in [-0.2, 0) is 9.05 Å². The summed E-state index contributed by atoms with van der Waals surface area (Å²) in [4.78, 5) is 0.136. The van der Waals surface area contributed by atoms with E-state index in [9.17, 15) is 8.42 Å². The first-order valence-electron chi connectivity index (χ1n) is 2.60. The number of hydrogen-bond donors (Lipinski definition) is 0. The highest BCUT2D eigenvalue weighted by Gasteiger charge is 2.06. The Labute approximate surface area is 80.4 Å². The third-order valence-electron chi connectivity index (χ3n) is 1.02. The Hall–Kier alpha value is -0.0600. The highest BCUT2D eigenvalue weighted by Crippen LogP contribution is 2.12. The molecule has 0 fully saturated rings. The standard InChI is InChI=1S/C6H5ClO2S.BrH/c7-10(8,9)6-4-2-1-3-5-6;/h1-5H;1H. The van der Waals surface area contributed by atoms with Gasteiger partial charge in [-0.2, -0.15) is 0 Å². The average molecular weight is 258 g/mol. The fourth-order valence-corrected chi connectivity index (χ4v) is 1.37. The average Bonchev–Trinajstić information content (AvgIpc) is 1.88. The van der Waals surface area contributed by atoms with Crippen LogP contribution in [0.15, 0.2) is 35.2 Å². The van der Waals surface area contributed by atoms with Crippen molar-refractivity contribution < 1.29 is 8.42 Å². The van der Waals surface area contributed by atoms with E-state index < -0.39 is 9.05 Å². The molecule has 1 aromatic carbocycles. The van der Waals surface area contributed by atoms with Gasteiger partial charge in [-0.05, 0) is 12.1 Å². The summed E-state index contributed by atoms with van der Waals surface area (Å²) in [6.45, 7) is 0. The maximum Gasteiger partial charge on any atom is 0.261 e. The van der Waals surface area contributed by atoms with Gasteiger partial charge < -0.3 is 0 Å². The Morgan fingerprint density at radius 1 is 1.09 bits per heavy atom. The minimum atomic E-state index is -3.53. The number of halogens is 2. The lowest BCUT2D eigenvalue weighted by molar-refractivity contribution is 0.609. The van der Waals surface area contributed by atoms with Crippen LogP contribution in [-0.4, -0.2) is 8.42 Å². The smallest absolute Gasteiger partial charge is 0.207 e. The molecule has 11 heavy (non-hydrogen) atoms. The Morgan fingerprint density at radius 3 is 1.82 bits per heavy atom. The maximum atomic E-state index is 10.6. The van der Waals surface area contributed by atoms with Gasteiger partial charge in [-0.15, -0.1) is 17.0 Å². The van der Waals surface area contributed by atoms with Gasteiger partial charge in [-0.3, -0.25) is 0 Å². The second-order valence-electron chi connectivity index (χ2n) is 1.75. The van der Waals surface area contributed by atoms with E-state index in [0.29, 0.717) is 0 Å². The Kier molecular flexibility index (Phi) is 4.07. The molecular weight excluding hydrogens is 251 g/mol. The van der Waals surface area contributed by atoms with E-state index in [1.54, 1.807) is 18.2 Å². The van der Waals surface area contributed by atoms with Crippen molar-refractivity contribution in [3.8, 4) is 0 Å². The first-order valence-corrected chi connectivity index (χ1v) is 4.91. The SMILES string of the molecule is Br.O=S(=O)(Cl)c1ccccc1. The molecule has 0 radical (unpaired) electrons. The van der Waals surface area contributed by atoms with Crippen molar-refractivity contribution in [2.45, 2.75) is 4.90 Å². The molecule has 1 rings (SSSR count). The third-order valence-corrected chi connectivity index (χ3v) is 2.39. The zero-order chi connectivity index (χ0) is 7.61. The first-order chi connectivity index (χ1) is 4.61. The van der Waals surface area contributed by atoms with Crippen molar-refractivity contribution in [3.63, 3.8) is 0 Å². The zero-order valence-electron chi connectivity index (χ0n) is 5.40. The molecule has 0 saturated carbocycles. The number of rotatable bonds is 1. The van der Waals surface area contributed by atoms with Gasteiger partial charge >= 0.3 is 0 Å². The number of benzene rings is 1. The summed E-state index contributed by atoms with van der Waals surface area (Å²) in [6, 6.07) is 7.86. The predicted molar refractivity (Wildman–Crippen MR) is 49.8 cm³/mol. The lowest BCUT2D eigenvalue weighted by Gasteiger charge is -1.91. The van der Waals surface area contributed by atoms with Gasteiger partial charge in [-0.25, -0.2) is 8.42 Å². The van der Waals surface area contributed by atoms with Crippen LogP contribution in [0.4, 0.5) is 0 Å². The van der Waals surface area contributed by atoms with Crippen LogP contribution in [0.2, 0.25) is 0 Å². The molecule has 0 heterocycles. The van der Waals surface area contributed by atoms with Crippen molar-refractivity contribution in [3.05, 3.63) is 30.3 Å². The van der Waals surface area contributed by atoms with Crippen LogP contribution < -0.4 is 0 Å². The van der Waals surface area contributed by atoms with Gasteiger partial charge in [0.05, 0.1) is 4.90 Å².